The van der Waals surface area contributed by atoms with Gasteiger partial charge in [-0.05, 0) is 50.8 Å². The lowest BCUT2D eigenvalue weighted by molar-refractivity contribution is -0.159. The Kier molecular flexibility index (Phi) is 3.67. The summed E-state index contributed by atoms with van der Waals surface area (Å²) >= 11 is 0. The highest BCUT2D eigenvalue weighted by atomic mass is 16.6. The van der Waals surface area contributed by atoms with Crippen molar-refractivity contribution in [1.29, 1.82) is 0 Å². The predicted octanol–water partition coefficient (Wildman–Crippen LogP) is 2.88. The first-order valence-corrected chi connectivity index (χ1v) is 6.79. The molecule has 0 aliphatic carbocycles. The molecule has 1 aliphatic heterocycles. The highest BCUT2D eigenvalue weighted by Crippen LogP contribution is 2.43. The summed E-state index contributed by atoms with van der Waals surface area (Å²) in [6.45, 7) is 7.83. The van der Waals surface area contributed by atoms with E-state index in [4.69, 9.17) is 14.2 Å². The molecule has 0 aromatic heterocycles. The van der Waals surface area contributed by atoms with Gasteiger partial charge in [0.15, 0.2) is 0 Å². The van der Waals surface area contributed by atoms with E-state index in [-0.39, 0.29) is 5.97 Å². The summed E-state index contributed by atoms with van der Waals surface area (Å²) in [6.07, 6.45) is 1.39. The van der Waals surface area contributed by atoms with Crippen molar-refractivity contribution in [2.24, 2.45) is 0 Å². The number of ether oxygens (including phenoxy) is 3. The van der Waals surface area contributed by atoms with Crippen LogP contribution < -0.4 is 9.47 Å². The van der Waals surface area contributed by atoms with E-state index in [9.17, 15) is 4.79 Å². The molecule has 4 nitrogen and oxygen atoms in total. The van der Waals surface area contributed by atoms with Crippen LogP contribution in [0.2, 0.25) is 0 Å². The van der Waals surface area contributed by atoms with E-state index in [1.807, 2.05) is 20.8 Å². The number of hydrogen-bond donors (Lipinski definition) is 0. The van der Waals surface area contributed by atoms with Crippen LogP contribution in [0.4, 0.5) is 0 Å². The summed E-state index contributed by atoms with van der Waals surface area (Å²) in [5.74, 6) is 1.39. The molecule has 1 aromatic rings. The minimum absolute atomic E-state index is 0.325. The molecule has 1 aliphatic rings. The molecule has 1 aromatic carbocycles. The smallest absolute Gasteiger partial charge is 0.349 e. The molecule has 0 radical (unpaired) electrons. The van der Waals surface area contributed by atoms with Crippen LogP contribution >= 0.6 is 0 Å². The zero-order chi connectivity index (χ0) is 15.1. The van der Waals surface area contributed by atoms with Gasteiger partial charge in [0.25, 0.3) is 0 Å². The van der Waals surface area contributed by atoms with Crippen molar-refractivity contribution in [3.05, 3.63) is 22.3 Å². The van der Waals surface area contributed by atoms with E-state index in [1.165, 1.54) is 7.11 Å². The maximum absolute atomic E-state index is 11.9. The second kappa shape index (κ2) is 5.00. The average Bonchev–Trinajstić information content (AvgIpc) is 2.44. The molecule has 110 valence electrons. The second-order valence-electron chi connectivity index (χ2n) is 5.54. The van der Waals surface area contributed by atoms with Gasteiger partial charge in [-0.25, -0.2) is 4.79 Å². The summed E-state index contributed by atoms with van der Waals surface area (Å²) < 4.78 is 16.4. The molecule has 1 atom stereocenters. The van der Waals surface area contributed by atoms with E-state index < -0.39 is 5.60 Å². The first-order chi connectivity index (χ1) is 9.35. The Morgan fingerprint density at radius 3 is 2.35 bits per heavy atom. The van der Waals surface area contributed by atoms with Crippen molar-refractivity contribution in [2.75, 3.05) is 14.2 Å². The first kappa shape index (κ1) is 14.7. The minimum Gasteiger partial charge on any atom is -0.496 e. The third-order valence-corrected chi connectivity index (χ3v) is 4.31. The fourth-order valence-electron chi connectivity index (χ4n) is 2.90. The van der Waals surface area contributed by atoms with Gasteiger partial charge in [0.2, 0.25) is 5.60 Å². The fraction of sp³-hybridized carbons (Fsp3) is 0.562. The quantitative estimate of drug-likeness (QED) is 0.780. The highest BCUT2D eigenvalue weighted by molar-refractivity contribution is 5.80. The van der Waals surface area contributed by atoms with Gasteiger partial charge in [0, 0.05) is 12.0 Å². The van der Waals surface area contributed by atoms with Gasteiger partial charge in [0.1, 0.15) is 11.5 Å². The maximum Gasteiger partial charge on any atom is 0.349 e. The number of methoxy groups -OCH3 is 2. The molecule has 0 fully saturated rings. The molecule has 1 heterocycles. The topological polar surface area (TPSA) is 44.8 Å². The number of fused-ring (bicyclic) bond motifs is 1. The summed E-state index contributed by atoms with van der Waals surface area (Å²) in [5, 5.41) is 0. The first-order valence-electron chi connectivity index (χ1n) is 6.79. The molecule has 0 N–H and O–H groups in total. The molecule has 0 saturated carbocycles. The van der Waals surface area contributed by atoms with Crippen LogP contribution in [0.3, 0.4) is 0 Å². The van der Waals surface area contributed by atoms with Crippen LogP contribution in [0.1, 0.15) is 35.6 Å². The zero-order valence-electron chi connectivity index (χ0n) is 13.0. The van der Waals surface area contributed by atoms with Gasteiger partial charge in [-0.15, -0.1) is 0 Å². The fourth-order valence-corrected chi connectivity index (χ4v) is 2.90. The van der Waals surface area contributed by atoms with E-state index in [0.717, 1.165) is 40.2 Å². The second-order valence-corrected chi connectivity index (χ2v) is 5.54. The lowest BCUT2D eigenvalue weighted by Crippen LogP contribution is -2.45. The number of esters is 1. The molecule has 0 amide bonds. The van der Waals surface area contributed by atoms with Gasteiger partial charge in [-0.3, -0.25) is 0 Å². The van der Waals surface area contributed by atoms with Crippen molar-refractivity contribution in [3.8, 4) is 11.5 Å². The van der Waals surface area contributed by atoms with Crippen molar-refractivity contribution in [3.63, 3.8) is 0 Å². The molecule has 1 unspecified atom stereocenters. The third-order valence-electron chi connectivity index (χ3n) is 4.31. The van der Waals surface area contributed by atoms with Crippen LogP contribution in [-0.2, 0) is 16.0 Å². The van der Waals surface area contributed by atoms with Crippen LogP contribution in [0, 0.1) is 20.8 Å². The van der Waals surface area contributed by atoms with Gasteiger partial charge in [-0.1, -0.05) is 0 Å². The lowest BCUT2D eigenvalue weighted by Gasteiger charge is -2.35. The van der Waals surface area contributed by atoms with Gasteiger partial charge in [0.05, 0.1) is 14.2 Å². The molecule has 4 heteroatoms. The number of hydrogen-bond acceptors (Lipinski definition) is 4. The van der Waals surface area contributed by atoms with E-state index in [1.54, 1.807) is 14.0 Å². The van der Waals surface area contributed by atoms with Crippen LogP contribution in [0.25, 0.3) is 0 Å². The Morgan fingerprint density at radius 1 is 1.15 bits per heavy atom. The average molecular weight is 278 g/mol. The Hall–Kier alpha value is -1.71. The third kappa shape index (κ3) is 2.03. The van der Waals surface area contributed by atoms with Crippen LogP contribution in [0.15, 0.2) is 0 Å². The van der Waals surface area contributed by atoms with Crippen LogP contribution in [-0.4, -0.2) is 25.8 Å². The molecule has 0 spiro atoms. The monoisotopic (exact) mass is 278 g/mol. The number of benzene rings is 1. The predicted molar refractivity (Wildman–Crippen MR) is 76.6 cm³/mol. The number of carbonyl (C=O) groups excluding carboxylic acids is 1. The van der Waals surface area contributed by atoms with E-state index >= 15 is 0 Å². The Bertz CT molecular complexity index is 562. The molecule has 0 bridgehead atoms. The summed E-state index contributed by atoms with van der Waals surface area (Å²) in [4.78, 5) is 11.9. The molecular weight excluding hydrogens is 256 g/mol. The van der Waals surface area contributed by atoms with Crippen molar-refractivity contribution >= 4 is 5.97 Å². The number of rotatable bonds is 2. The van der Waals surface area contributed by atoms with Crippen molar-refractivity contribution < 1.29 is 19.0 Å². The minimum atomic E-state index is -0.903. The maximum atomic E-state index is 11.9. The number of carbonyl (C=O) groups is 1. The zero-order valence-corrected chi connectivity index (χ0v) is 13.0. The Labute approximate surface area is 120 Å². The standard InChI is InChI=1S/C16H22O4/c1-9-10(2)14-12(11(3)13(9)18-5)7-8-16(4,20-14)15(17)19-6/h7-8H2,1-6H3. The molecule has 0 saturated heterocycles. The largest absolute Gasteiger partial charge is 0.496 e. The highest BCUT2D eigenvalue weighted by Gasteiger charge is 2.41. The van der Waals surface area contributed by atoms with E-state index in [0.29, 0.717) is 6.42 Å². The summed E-state index contributed by atoms with van der Waals surface area (Å²) in [7, 11) is 3.08. The van der Waals surface area contributed by atoms with Gasteiger partial charge < -0.3 is 14.2 Å². The van der Waals surface area contributed by atoms with E-state index in [2.05, 4.69) is 0 Å². The van der Waals surface area contributed by atoms with Crippen LogP contribution in [0.5, 0.6) is 11.5 Å². The van der Waals surface area contributed by atoms with Crippen molar-refractivity contribution in [2.45, 2.75) is 46.1 Å². The van der Waals surface area contributed by atoms with Gasteiger partial charge >= 0.3 is 5.97 Å². The Morgan fingerprint density at radius 2 is 1.80 bits per heavy atom. The van der Waals surface area contributed by atoms with Gasteiger partial charge in [-0.2, -0.15) is 0 Å². The summed E-state index contributed by atoms with van der Waals surface area (Å²) in [6, 6.07) is 0. The normalized spacial score (nSPS) is 20.9. The molecule has 20 heavy (non-hydrogen) atoms. The summed E-state index contributed by atoms with van der Waals surface area (Å²) in [5.41, 5.74) is 3.40. The Balaban J connectivity index is 2.56. The SMILES string of the molecule is COC(=O)C1(C)CCc2c(C)c(OC)c(C)c(C)c2O1. The molecular formula is C16H22O4. The molecule has 2 rings (SSSR count). The van der Waals surface area contributed by atoms with Crippen molar-refractivity contribution in [1.82, 2.24) is 0 Å². The lowest BCUT2D eigenvalue weighted by atomic mass is 9.87.